The Balaban J connectivity index is 1.37. The zero-order valence-electron chi connectivity index (χ0n) is 22.6. The highest BCUT2D eigenvalue weighted by atomic mass is 35.5. The summed E-state index contributed by atoms with van der Waals surface area (Å²) in [5.74, 6) is -0.531. The molecule has 5 aromatic rings. The average Bonchev–Trinajstić information content (AvgIpc) is 3.70. The first kappa shape index (κ1) is 27.9. The van der Waals surface area contributed by atoms with E-state index in [-0.39, 0.29) is 11.1 Å². The Morgan fingerprint density at radius 1 is 1.02 bits per heavy atom. The molecule has 0 bridgehead atoms. The second-order valence-electron chi connectivity index (χ2n) is 10.2. The highest BCUT2D eigenvalue weighted by Crippen LogP contribution is 2.37. The van der Waals surface area contributed by atoms with Gasteiger partial charge < -0.3 is 15.5 Å². The van der Waals surface area contributed by atoms with Gasteiger partial charge in [-0.15, -0.1) is 5.10 Å². The Labute approximate surface area is 252 Å². The van der Waals surface area contributed by atoms with Gasteiger partial charge in [-0.2, -0.15) is 5.26 Å². The predicted octanol–water partition coefficient (Wildman–Crippen LogP) is 7.18. The number of fused-ring (bicyclic) bond motifs is 1. The number of likely N-dealkylation sites (tertiary alicyclic amines) is 1. The zero-order chi connectivity index (χ0) is 29.1. The van der Waals surface area contributed by atoms with Crippen molar-refractivity contribution in [3.8, 4) is 6.07 Å². The topological polar surface area (TPSA) is 94.7 Å². The summed E-state index contributed by atoms with van der Waals surface area (Å²) in [6.07, 6.45) is 5.96. The first-order valence-corrected chi connectivity index (χ1v) is 14.4. The van der Waals surface area contributed by atoms with E-state index < -0.39 is 5.82 Å². The molecule has 1 saturated heterocycles. The van der Waals surface area contributed by atoms with Crippen molar-refractivity contribution >= 4 is 51.2 Å². The van der Waals surface area contributed by atoms with Crippen molar-refractivity contribution in [1.29, 1.82) is 5.26 Å². The number of halogens is 3. The maximum atomic E-state index is 13.8. The van der Waals surface area contributed by atoms with Gasteiger partial charge in [0.2, 0.25) is 0 Å². The van der Waals surface area contributed by atoms with Gasteiger partial charge in [0, 0.05) is 28.8 Å². The van der Waals surface area contributed by atoms with E-state index >= 15 is 0 Å². The van der Waals surface area contributed by atoms with Crippen LogP contribution in [0, 0.1) is 17.1 Å². The molecule has 42 heavy (non-hydrogen) atoms. The molecule has 6 rings (SSSR count). The van der Waals surface area contributed by atoms with E-state index in [1.54, 1.807) is 18.2 Å². The summed E-state index contributed by atoms with van der Waals surface area (Å²) in [5.41, 5.74) is 4.30. The quantitative estimate of drug-likeness (QED) is 0.185. The van der Waals surface area contributed by atoms with E-state index in [1.165, 1.54) is 31.2 Å². The first-order chi connectivity index (χ1) is 20.5. The molecule has 1 aliphatic rings. The molecule has 0 radical (unpaired) electrons. The van der Waals surface area contributed by atoms with Crippen molar-refractivity contribution in [1.82, 2.24) is 24.9 Å². The van der Waals surface area contributed by atoms with Crippen LogP contribution in [0.5, 0.6) is 0 Å². The smallest absolute Gasteiger partial charge is 0.141 e. The van der Waals surface area contributed by atoms with Crippen LogP contribution in [0.2, 0.25) is 10.0 Å². The standard InChI is InChI=1S/C31H27Cl2FN8/c32-22-14-24-29(37-23-8-9-26(34)25(33)16-23)21(17-35)18-36-31(24)27(15-22)38-30(20-6-2-1-3-7-20)28-19-42(40-39-28)13-12-41-10-4-5-11-41/h1-3,6-9,14-16,18-19,30,38H,4-5,10-13H2,(H,36,37)/t30-/m0/s1. The minimum Gasteiger partial charge on any atom is -0.371 e. The van der Waals surface area contributed by atoms with Crippen LogP contribution in [0.4, 0.5) is 21.5 Å². The van der Waals surface area contributed by atoms with Crippen LogP contribution < -0.4 is 10.6 Å². The fourth-order valence-electron chi connectivity index (χ4n) is 5.25. The number of nitrogens with zero attached hydrogens (tertiary/aromatic N) is 6. The van der Waals surface area contributed by atoms with Crippen LogP contribution in [0.1, 0.15) is 35.7 Å². The molecule has 0 aliphatic carbocycles. The fourth-order valence-corrected chi connectivity index (χ4v) is 5.65. The van der Waals surface area contributed by atoms with Crippen LogP contribution in [0.3, 0.4) is 0 Å². The lowest BCUT2D eigenvalue weighted by molar-refractivity contribution is 0.314. The lowest BCUT2D eigenvalue weighted by Crippen LogP contribution is -2.24. The molecule has 3 heterocycles. The van der Waals surface area contributed by atoms with Crippen molar-refractivity contribution in [3.05, 3.63) is 106 Å². The molecule has 0 spiro atoms. The number of aromatic nitrogens is 4. The molecule has 1 aliphatic heterocycles. The Morgan fingerprint density at radius 2 is 1.83 bits per heavy atom. The van der Waals surface area contributed by atoms with Crippen LogP contribution >= 0.6 is 23.2 Å². The van der Waals surface area contributed by atoms with E-state index in [2.05, 4.69) is 36.9 Å². The Morgan fingerprint density at radius 3 is 2.60 bits per heavy atom. The number of benzene rings is 3. The van der Waals surface area contributed by atoms with Gasteiger partial charge in [0.05, 0.1) is 46.3 Å². The van der Waals surface area contributed by atoms with Gasteiger partial charge in [-0.25, -0.2) is 4.39 Å². The second kappa shape index (κ2) is 12.3. The SMILES string of the molecule is N#Cc1cnc2c(N[C@@H](c3ccccc3)c3cn(CCN4CCCC4)nn3)cc(Cl)cc2c1Nc1ccc(F)c(Cl)c1. The van der Waals surface area contributed by atoms with Gasteiger partial charge in [-0.1, -0.05) is 58.7 Å². The molecule has 2 aromatic heterocycles. The van der Waals surface area contributed by atoms with Crippen molar-refractivity contribution in [2.24, 2.45) is 0 Å². The Hall–Kier alpha value is -4.23. The van der Waals surface area contributed by atoms with Crippen LogP contribution in [0.25, 0.3) is 10.9 Å². The summed E-state index contributed by atoms with van der Waals surface area (Å²) in [5, 5.41) is 26.7. The van der Waals surface area contributed by atoms with Crippen LogP contribution in [0.15, 0.2) is 73.1 Å². The number of hydrogen-bond acceptors (Lipinski definition) is 7. The highest BCUT2D eigenvalue weighted by molar-refractivity contribution is 6.32. The van der Waals surface area contributed by atoms with Crippen molar-refractivity contribution in [2.45, 2.75) is 25.4 Å². The number of anilines is 3. The van der Waals surface area contributed by atoms with Crippen molar-refractivity contribution in [2.75, 3.05) is 30.3 Å². The van der Waals surface area contributed by atoms with Gasteiger partial charge in [-0.05, 0) is 61.8 Å². The second-order valence-corrected chi connectivity index (χ2v) is 11.0. The molecule has 0 unspecified atom stereocenters. The molecule has 1 atom stereocenters. The van der Waals surface area contributed by atoms with Crippen LogP contribution in [-0.4, -0.2) is 44.5 Å². The molecule has 11 heteroatoms. The van der Waals surface area contributed by atoms with Gasteiger partial charge in [0.15, 0.2) is 0 Å². The van der Waals surface area contributed by atoms with Gasteiger partial charge in [0.25, 0.3) is 0 Å². The minimum absolute atomic E-state index is 0.0311. The molecule has 2 N–H and O–H groups in total. The molecule has 1 fully saturated rings. The lowest BCUT2D eigenvalue weighted by atomic mass is 10.0. The first-order valence-electron chi connectivity index (χ1n) is 13.7. The van der Waals surface area contributed by atoms with Gasteiger partial charge in [-0.3, -0.25) is 9.67 Å². The maximum absolute atomic E-state index is 13.8. The summed E-state index contributed by atoms with van der Waals surface area (Å²) >= 11 is 12.6. The Bertz CT molecular complexity index is 1760. The third-order valence-electron chi connectivity index (χ3n) is 7.37. The molecular formula is C31H27Cl2FN8. The van der Waals surface area contributed by atoms with E-state index in [9.17, 15) is 9.65 Å². The average molecular weight is 602 g/mol. The maximum Gasteiger partial charge on any atom is 0.141 e. The summed E-state index contributed by atoms with van der Waals surface area (Å²) < 4.78 is 15.7. The number of pyridine rings is 1. The molecule has 0 amide bonds. The van der Waals surface area contributed by atoms with Crippen molar-refractivity contribution in [3.63, 3.8) is 0 Å². The summed E-state index contributed by atoms with van der Waals surface area (Å²) in [7, 11) is 0. The van der Waals surface area contributed by atoms with E-state index in [1.807, 2.05) is 41.2 Å². The zero-order valence-corrected chi connectivity index (χ0v) is 24.1. The third kappa shape index (κ3) is 6.02. The number of nitrogens with one attached hydrogen (secondary N) is 2. The highest BCUT2D eigenvalue weighted by Gasteiger charge is 2.22. The summed E-state index contributed by atoms with van der Waals surface area (Å²) in [4.78, 5) is 7.07. The predicted molar refractivity (Wildman–Crippen MR) is 164 cm³/mol. The molecule has 212 valence electrons. The molecule has 0 saturated carbocycles. The number of hydrogen-bond donors (Lipinski definition) is 2. The lowest BCUT2D eigenvalue weighted by Gasteiger charge is -2.21. The number of rotatable bonds is 9. The third-order valence-corrected chi connectivity index (χ3v) is 7.88. The van der Waals surface area contributed by atoms with E-state index in [4.69, 9.17) is 23.2 Å². The van der Waals surface area contributed by atoms with Gasteiger partial charge in [0.1, 0.15) is 17.6 Å². The van der Waals surface area contributed by atoms with Crippen molar-refractivity contribution < 1.29 is 4.39 Å². The molecular weight excluding hydrogens is 574 g/mol. The summed E-state index contributed by atoms with van der Waals surface area (Å²) in [6, 6.07) is 19.6. The fraction of sp³-hybridized carbons (Fsp3) is 0.226. The van der Waals surface area contributed by atoms with E-state index in [0.29, 0.717) is 38.6 Å². The van der Waals surface area contributed by atoms with Crippen LogP contribution in [-0.2, 0) is 6.54 Å². The minimum atomic E-state index is -0.531. The summed E-state index contributed by atoms with van der Waals surface area (Å²) in [6.45, 7) is 3.95. The largest absolute Gasteiger partial charge is 0.371 e. The monoisotopic (exact) mass is 600 g/mol. The van der Waals surface area contributed by atoms with E-state index in [0.717, 1.165) is 37.4 Å². The number of nitriles is 1. The Kier molecular flexibility index (Phi) is 8.20. The molecule has 3 aromatic carbocycles. The normalized spacial score (nSPS) is 14.1. The van der Waals surface area contributed by atoms with Gasteiger partial charge >= 0.3 is 0 Å². The molecule has 8 nitrogen and oxygen atoms in total.